The molecule has 0 aromatic carbocycles. The van der Waals surface area contributed by atoms with Gasteiger partial charge in [0.15, 0.2) is 0 Å². The van der Waals surface area contributed by atoms with E-state index in [0.717, 1.165) is 25.7 Å². The molecule has 1 heterocycles. The van der Waals surface area contributed by atoms with Gasteiger partial charge in [-0.15, -0.1) is 5.10 Å². The highest BCUT2D eigenvalue weighted by Crippen LogP contribution is 2.37. The van der Waals surface area contributed by atoms with Crippen LogP contribution < -0.4 is 11.1 Å². The third kappa shape index (κ3) is 1.82. The first-order chi connectivity index (χ1) is 7.27. The number of hydrogen-bond acceptors (Lipinski definition) is 5. The number of nitrogens with zero attached hydrogens (tertiary/aromatic N) is 3. The monoisotopic (exact) mass is 210 g/mol. The van der Waals surface area contributed by atoms with Gasteiger partial charge in [-0.3, -0.25) is 10.1 Å². The zero-order valence-corrected chi connectivity index (χ0v) is 8.36. The third-order valence-corrected chi connectivity index (χ3v) is 3.00. The number of H-pyrrole nitrogens is 1. The molecule has 4 N–H and O–H groups in total. The second kappa shape index (κ2) is 3.93. The number of nitrogens with one attached hydrogen (secondary N) is 2. The van der Waals surface area contributed by atoms with Crippen LogP contribution in [0.3, 0.4) is 0 Å². The molecule has 0 radical (unpaired) electrons. The number of aromatic amines is 1. The molecule has 0 saturated heterocycles. The van der Waals surface area contributed by atoms with Crippen molar-refractivity contribution in [2.45, 2.75) is 25.7 Å². The molecule has 1 fully saturated rings. The predicted octanol–water partition coefficient (Wildman–Crippen LogP) is -0.343. The summed E-state index contributed by atoms with van der Waals surface area (Å²) in [4.78, 5) is 12.0. The number of carbonyl (C=O) groups is 1. The van der Waals surface area contributed by atoms with Gasteiger partial charge in [-0.2, -0.15) is 5.21 Å². The zero-order chi connectivity index (χ0) is 10.7. The van der Waals surface area contributed by atoms with E-state index in [1.807, 2.05) is 0 Å². The topological polar surface area (TPSA) is 110 Å². The van der Waals surface area contributed by atoms with E-state index in [0.29, 0.717) is 6.54 Å². The minimum absolute atomic E-state index is 0.0936. The maximum Gasteiger partial charge on any atom is 0.269 e. The summed E-state index contributed by atoms with van der Waals surface area (Å²) in [6, 6.07) is 0. The van der Waals surface area contributed by atoms with Gasteiger partial charge >= 0.3 is 0 Å². The molecule has 82 valence electrons. The lowest BCUT2D eigenvalue weighted by Gasteiger charge is -2.24. The number of anilines is 1. The van der Waals surface area contributed by atoms with E-state index in [1.54, 1.807) is 0 Å². The molecular weight excluding hydrogens is 196 g/mol. The predicted molar refractivity (Wildman–Crippen MR) is 52.8 cm³/mol. The molecule has 0 aliphatic heterocycles. The van der Waals surface area contributed by atoms with Crippen molar-refractivity contribution in [1.82, 2.24) is 20.6 Å². The van der Waals surface area contributed by atoms with Crippen LogP contribution in [0.4, 0.5) is 5.95 Å². The molecule has 1 aliphatic rings. The smallest absolute Gasteiger partial charge is 0.269 e. The van der Waals surface area contributed by atoms with Crippen LogP contribution in [0.25, 0.3) is 0 Å². The molecule has 0 atom stereocenters. The molecular formula is C8H14N6O. The van der Waals surface area contributed by atoms with Gasteiger partial charge in [-0.05, 0) is 18.1 Å². The number of nitrogens with two attached hydrogens (primary N) is 1. The van der Waals surface area contributed by atoms with Gasteiger partial charge in [-0.1, -0.05) is 17.9 Å². The standard InChI is InChI=1S/C8H14N6O/c9-5-8(3-1-2-4-8)6(15)10-7-11-13-14-12-7/h1-5,9H2,(H2,10,11,12,13,14,15). The Morgan fingerprint density at radius 3 is 2.80 bits per heavy atom. The molecule has 1 saturated carbocycles. The molecule has 1 aliphatic carbocycles. The van der Waals surface area contributed by atoms with Gasteiger partial charge in [0, 0.05) is 6.54 Å². The number of tetrazole rings is 1. The van der Waals surface area contributed by atoms with Gasteiger partial charge in [0.2, 0.25) is 5.91 Å². The van der Waals surface area contributed by atoms with Gasteiger partial charge in [0.25, 0.3) is 5.95 Å². The molecule has 7 nitrogen and oxygen atoms in total. The maximum atomic E-state index is 12.0. The van der Waals surface area contributed by atoms with E-state index in [4.69, 9.17) is 5.73 Å². The molecule has 15 heavy (non-hydrogen) atoms. The Labute approximate surface area is 86.8 Å². The van der Waals surface area contributed by atoms with Gasteiger partial charge in [-0.25, -0.2) is 0 Å². The van der Waals surface area contributed by atoms with Gasteiger partial charge in [0.1, 0.15) is 0 Å². The molecule has 0 bridgehead atoms. The fraction of sp³-hybridized carbons (Fsp3) is 0.750. The summed E-state index contributed by atoms with van der Waals surface area (Å²) in [6.07, 6.45) is 3.79. The summed E-state index contributed by atoms with van der Waals surface area (Å²) >= 11 is 0. The Balaban J connectivity index is 2.06. The van der Waals surface area contributed by atoms with Crippen LogP contribution in [0.2, 0.25) is 0 Å². The van der Waals surface area contributed by atoms with E-state index in [9.17, 15) is 4.79 Å². The molecule has 1 aromatic rings. The minimum Gasteiger partial charge on any atom is -0.329 e. The van der Waals surface area contributed by atoms with Crippen molar-refractivity contribution in [2.24, 2.45) is 11.1 Å². The lowest BCUT2D eigenvalue weighted by atomic mass is 9.85. The highest BCUT2D eigenvalue weighted by Gasteiger charge is 2.40. The van der Waals surface area contributed by atoms with E-state index < -0.39 is 5.41 Å². The molecule has 2 rings (SSSR count). The Hall–Kier alpha value is -1.50. The van der Waals surface area contributed by atoms with E-state index in [1.165, 1.54) is 0 Å². The Kier molecular flexibility index (Phi) is 2.63. The zero-order valence-electron chi connectivity index (χ0n) is 8.36. The molecule has 1 aromatic heterocycles. The number of amides is 1. The quantitative estimate of drug-likeness (QED) is 0.632. The summed E-state index contributed by atoms with van der Waals surface area (Å²) < 4.78 is 0. The lowest BCUT2D eigenvalue weighted by Crippen LogP contribution is -2.40. The fourth-order valence-corrected chi connectivity index (χ4v) is 2.02. The van der Waals surface area contributed by atoms with Crippen LogP contribution in [-0.4, -0.2) is 33.1 Å². The molecule has 1 amide bonds. The van der Waals surface area contributed by atoms with Crippen LogP contribution in [0.5, 0.6) is 0 Å². The SMILES string of the molecule is NCC1(C(=O)Nc2nn[nH]n2)CCCC1. The number of rotatable bonds is 3. The summed E-state index contributed by atoms with van der Waals surface area (Å²) in [5.74, 6) is 0.114. The second-order valence-corrected chi connectivity index (χ2v) is 3.88. The largest absolute Gasteiger partial charge is 0.329 e. The van der Waals surface area contributed by atoms with Crippen molar-refractivity contribution in [2.75, 3.05) is 11.9 Å². The summed E-state index contributed by atoms with van der Waals surface area (Å²) in [5, 5.41) is 15.6. The fourth-order valence-electron chi connectivity index (χ4n) is 2.02. The van der Waals surface area contributed by atoms with E-state index in [-0.39, 0.29) is 11.9 Å². The molecule has 7 heteroatoms. The maximum absolute atomic E-state index is 12.0. The highest BCUT2D eigenvalue weighted by atomic mass is 16.2. The first-order valence-corrected chi connectivity index (χ1v) is 5.02. The average molecular weight is 210 g/mol. The third-order valence-electron chi connectivity index (χ3n) is 3.00. The average Bonchev–Trinajstić information content (AvgIpc) is 2.87. The Bertz CT molecular complexity index is 329. The molecule has 0 unspecified atom stereocenters. The van der Waals surface area contributed by atoms with E-state index >= 15 is 0 Å². The lowest BCUT2D eigenvalue weighted by molar-refractivity contribution is -0.124. The van der Waals surface area contributed by atoms with Crippen molar-refractivity contribution in [3.63, 3.8) is 0 Å². The van der Waals surface area contributed by atoms with Crippen molar-refractivity contribution < 1.29 is 4.79 Å². The van der Waals surface area contributed by atoms with Crippen molar-refractivity contribution in [1.29, 1.82) is 0 Å². The van der Waals surface area contributed by atoms with Crippen LogP contribution >= 0.6 is 0 Å². The van der Waals surface area contributed by atoms with E-state index in [2.05, 4.69) is 25.9 Å². The number of hydrogen-bond donors (Lipinski definition) is 3. The summed E-state index contributed by atoms with van der Waals surface area (Å²) in [5.41, 5.74) is 5.24. The minimum atomic E-state index is -0.430. The molecule has 0 spiro atoms. The Morgan fingerprint density at radius 1 is 1.53 bits per heavy atom. The van der Waals surface area contributed by atoms with Crippen molar-refractivity contribution in [3.8, 4) is 0 Å². The Morgan fingerprint density at radius 2 is 2.27 bits per heavy atom. The van der Waals surface area contributed by atoms with Gasteiger partial charge in [0.05, 0.1) is 5.41 Å². The number of carbonyl (C=O) groups excluding carboxylic acids is 1. The van der Waals surface area contributed by atoms with Crippen LogP contribution in [0.15, 0.2) is 0 Å². The normalized spacial score (nSPS) is 19.0. The first-order valence-electron chi connectivity index (χ1n) is 5.02. The second-order valence-electron chi connectivity index (χ2n) is 3.88. The first kappa shape index (κ1) is 10.0. The van der Waals surface area contributed by atoms with Crippen LogP contribution in [0, 0.1) is 5.41 Å². The van der Waals surface area contributed by atoms with Crippen LogP contribution in [0.1, 0.15) is 25.7 Å². The highest BCUT2D eigenvalue weighted by molar-refractivity contribution is 5.94. The van der Waals surface area contributed by atoms with Crippen LogP contribution in [-0.2, 0) is 4.79 Å². The van der Waals surface area contributed by atoms with Crippen molar-refractivity contribution in [3.05, 3.63) is 0 Å². The van der Waals surface area contributed by atoms with Crippen molar-refractivity contribution >= 4 is 11.9 Å². The number of aromatic nitrogens is 4. The van der Waals surface area contributed by atoms with Gasteiger partial charge < -0.3 is 5.73 Å². The summed E-state index contributed by atoms with van der Waals surface area (Å²) in [7, 11) is 0. The summed E-state index contributed by atoms with van der Waals surface area (Å²) in [6.45, 7) is 0.372.